The molecule has 1 amide bonds. The van der Waals surface area contributed by atoms with Crippen LogP contribution in [0, 0.1) is 12.8 Å². The van der Waals surface area contributed by atoms with Crippen LogP contribution in [0.1, 0.15) is 54.1 Å². The van der Waals surface area contributed by atoms with Crippen LogP contribution in [-0.4, -0.2) is 40.7 Å². The molecule has 0 bridgehead atoms. The first-order valence-electron chi connectivity index (χ1n) is 16.6. The number of carbonyl (C=O) groups excluding carboxylic acids is 2. The summed E-state index contributed by atoms with van der Waals surface area (Å²) in [7, 11) is 1.54. The number of rotatable bonds is 14. The van der Waals surface area contributed by atoms with E-state index < -0.39 is 17.7 Å². The van der Waals surface area contributed by atoms with Crippen LogP contribution >= 0.6 is 23.1 Å². The molecular formula is C40H39N3O6S2. The lowest BCUT2D eigenvalue weighted by atomic mass is 9.95. The second kappa shape index (κ2) is 16.3. The molecule has 0 saturated carbocycles. The maximum Gasteiger partial charge on any atom is 0.301 e. The fourth-order valence-electron chi connectivity index (χ4n) is 5.60. The van der Waals surface area contributed by atoms with Crippen LogP contribution < -0.4 is 19.1 Å². The molecule has 262 valence electrons. The minimum absolute atomic E-state index is 0.0715. The van der Waals surface area contributed by atoms with Gasteiger partial charge in [-0.2, -0.15) is 0 Å². The Kier molecular flexibility index (Phi) is 11.4. The molecule has 1 N–H and O–H groups in total. The van der Waals surface area contributed by atoms with Crippen molar-refractivity contribution in [3.63, 3.8) is 0 Å². The molecule has 51 heavy (non-hydrogen) atoms. The van der Waals surface area contributed by atoms with Crippen molar-refractivity contribution < 1.29 is 28.9 Å². The lowest BCUT2D eigenvalue weighted by Gasteiger charge is -2.23. The van der Waals surface area contributed by atoms with Crippen molar-refractivity contribution in [2.75, 3.05) is 18.6 Å². The molecule has 11 heteroatoms. The van der Waals surface area contributed by atoms with Crippen LogP contribution in [0.5, 0.6) is 17.2 Å². The SMILES string of the molecule is COc1cc(C2C(=C(O)c3ccc(OCc4ccccc4C)cc3)C(=O)C(=O)N2c2nnc(SCc3ccccc3)s2)ccc1OCCC(C)C. The summed E-state index contributed by atoms with van der Waals surface area (Å²) in [6, 6.07) is 29.0. The molecule has 0 radical (unpaired) electrons. The molecule has 4 aromatic carbocycles. The fourth-order valence-corrected chi connectivity index (χ4v) is 7.42. The number of anilines is 1. The van der Waals surface area contributed by atoms with E-state index in [1.54, 1.807) is 42.5 Å². The summed E-state index contributed by atoms with van der Waals surface area (Å²) >= 11 is 2.70. The van der Waals surface area contributed by atoms with Crippen molar-refractivity contribution in [1.82, 2.24) is 10.2 Å². The number of amides is 1. The molecule has 1 fully saturated rings. The van der Waals surface area contributed by atoms with Crippen molar-refractivity contribution in [3.05, 3.63) is 130 Å². The zero-order chi connectivity index (χ0) is 35.9. The molecule has 0 aliphatic carbocycles. The number of benzene rings is 4. The fraction of sp³-hybridized carbons (Fsp3) is 0.250. The maximum absolute atomic E-state index is 13.9. The summed E-state index contributed by atoms with van der Waals surface area (Å²) in [5.41, 5.74) is 4.14. The molecule has 1 aliphatic heterocycles. The Bertz CT molecular complexity index is 2030. The van der Waals surface area contributed by atoms with Gasteiger partial charge in [0.2, 0.25) is 5.13 Å². The largest absolute Gasteiger partial charge is 0.507 e. The number of hydrogen-bond donors (Lipinski definition) is 1. The Morgan fingerprint density at radius 2 is 1.67 bits per heavy atom. The third kappa shape index (κ3) is 8.27. The molecule has 5 aromatic rings. The van der Waals surface area contributed by atoms with Crippen molar-refractivity contribution in [3.8, 4) is 17.2 Å². The molecule has 1 saturated heterocycles. The van der Waals surface area contributed by atoms with Gasteiger partial charge in [0.25, 0.3) is 5.78 Å². The third-order valence-electron chi connectivity index (χ3n) is 8.49. The van der Waals surface area contributed by atoms with E-state index in [0.717, 1.165) is 23.1 Å². The summed E-state index contributed by atoms with van der Waals surface area (Å²) in [5, 5.41) is 20.7. The van der Waals surface area contributed by atoms with Gasteiger partial charge in [-0.15, -0.1) is 10.2 Å². The molecule has 2 heterocycles. The lowest BCUT2D eigenvalue weighted by molar-refractivity contribution is -0.132. The molecule has 1 atom stereocenters. The summed E-state index contributed by atoms with van der Waals surface area (Å²) in [6.45, 7) is 7.16. The van der Waals surface area contributed by atoms with Crippen molar-refractivity contribution in [2.24, 2.45) is 5.92 Å². The Hall–Kier alpha value is -5.13. The van der Waals surface area contributed by atoms with Gasteiger partial charge in [0.15, 0.2) is 15.8 Å². The number of hydrogen-bond acceptors (Lipinski definition) is 10. The van der Waals surface area contributed by atoms with Gasteiger partial charge in [-0.1, -0.05) is 97.6 Å². The first-order chi connectivity index (χ1) is 24.7. The highest BCUT2D eigenvalue weighted by Crippen LogP contribution is 2.45. The van der Waals surface area contributed by atoms with Gasteiger partial charge in [0.1, 0.15) is 18.1 Å². The van der Waals surface area contributed by atoms with Crippen molar-refractivity contribution >= 4 is 45.7 Å². The topological polar surface area (TPSA) is 111 Å². The van der Waals surface area contributed by atoms with E-state index in [1.165, 1.54) is 35.1 Å². The van der Waals surface area contributed by atoms with E-state index in [2.05, 4.69) is 24.0 Å². The van der Waals surface area contributed by atoms with Gasteiger partial charge in [-0.05, 0) is 77.9 Å². The quantitative estimate of drug-likeness (QED) is 0.0396. The van der Waals surface area contributed by atoms with E-state index in [9.17, 15) is 14.7 Å². The summed E-state index contributed by atoms with van der Waals surface area (Å²) < 4.78 is 18.4. The number of methoxy groups -OCH3 is 1. The Morgan fingerprint density at radius 1 is 0.922 bits per heavy atom. The molecular weight excluding hydrogens is 683 g/mol. The number of aryl methyl sites for hydroxylation is 1. The first kappa shape index (κ1) is 35.7. The molecule has 1 aromatic heterocycles. The minimum Gasteiger partial charge on any atom is -0.507 e. The predicted molar refractivity (Wildman–Crippen MR) is 201 cm³/mol. The molecule has 6 rings (SSSR count). The van der Waals surface area contributed by atoms with Crippen LogP contribution in [0.15, 0.2) is 107 Å². The number of aliphatic hydroxyl groups is 1. The number of thioether (sulfide) groups is 1. The van der Waals surface area contributed by atoms with Gasteiger partial charge in [0.05, 0.1) is 25.3 Å². The molecule has 9 nitrogen and oxygen atoms in total. The highest BCUT2D eigenvalue weighted by Gasteiger charge is 2.48. The summed E-state index contributed by atoms with van der Waals surface area (Å²) in [5.74, 6) is 0.742. The number of nitrogens with zero attached hydrogens (tertiary/aromatic N) is 3. The summed E-state index contributed by atoms with van der Waals surface area (Å²) in [6.07, 6.45) is 0.864. The van der Waals surface area contributed by atoms with E-state index in [-0.39, 0.29) is 16.5 Å². The second-order valence-corrected chi connectivity index (χ2v) is 14.7. The highest BCUT2D eigenvalue weighted by molar-refractivity contribution is 8.00. The van der Waals surface area contributed by atoms with E-state index in [1.807, 2.05) is 61.5 Å². The lowest BCUT2D eigenvalue weighted by Crippen LogP contribution is -2.29. The van der Waals surface area contributed by atoms with Crippen molar-refractivity contribution in [1.29, 1.82) is 0 Å². The van der Waals surface area contributed by atoms with E-state index in [4.69, 9.17) is 14.2 Å². The number of carbonyl (C=O) groups is 2. The van der Waals surface area contributed by atoms with E-state index >= 15 is 0 Å². The van der Waals surface area contributed by atoms with Gasteiger partial charge < -0.3 is 19.3 Å². The second-order valence-electron chi connectivity index (χ2n) is 12.5. The number of Topliss-reactive ketones (excluding diaryl/α,β-unsaturated/α-hetero) is 1. The Balaban J connectivity index is 1.34. The van der Waals surface area contributed by atoms with Crippen LogP contribution in [0.25, 0.3) is 5.76 Å². The molecule has 1 aliphatic rings. The molecule has 0 spiro atoms. The third-order valence-corrected chi connectivity index (χ3v) is 10.6. The predicted octanol–water partition coefficient (Wildman–Crippen LogP) is 8.78. The van der Waals surface area contributed by atoms with Crippen LogP contribution in [-0.2, 0) is 21.9 Å². The Labute approximate surface area is 305 Å². The van der Waals surface area contributed by atoms with E-state index in [0.29, 0.717) is 57.6 Å². The normalized spacial score (nSPS) is 15.4. The number of aromatic nitrogens is 2. The van der Waals surface area contributed by atoms with Gasteiger partial charge in [-0.3, -0.25) is 14.5 Å². The van der Waals surface area contributed by atoms with Gasteiger partial charge in [-0.25, -0.2) is 0 Å². The number of ketones is 1. The monoisotopic (exact) mass is 721 g/mol. The number of ether oxygens (including phenoxy) is 3. The average molecular weight is 722 g/mol. The molecule has 1 unspecified atom stereocenters. The van der Waals surface area contributed by atoms with Gasteiger partial charge in [0, 0.05) is 11.3 Å². The van der Waals surface area contributed by atoms with Crippen molar-refractivity contribution in [2.45, 2.75) is 49.9 Å². The number of aliphatic hydroxyl groups excluding tert-OH is 1. The smallest absolute Gasteiger partial charge is 0.301 e. The zero-order valence-electron chi connectivity index (χ0n) is 28.9. The zero-order valence-corrected chi connectivity index (χ0v) is 30.5. The van der Waals surface area contributed by atoms with Crippen LogP contribution in [0.2, 0.25) is 0 Å². The first-order valence-corrected chi connectivity index (χ1v) is 18.4. The standard InChI is InChI=1S/C40H39N3O6S2/c1-25(2)20-21-48-32-19-16-29(22-33(32)47-4)35-34(36(44)28-14-17-31(18-15-28)49-23-30-13-9-8-10-26(30)3)37(45)38(46)43(35)39-41-42-40(51-39)50-24-27-11-6-5-7-12-27/h5-19,22,25,35,44H,20-21,23-24H2,1-4H3. The highest BCUT2D eigenvalue weighted by atomic mass is 32.2. The Morgan fingerprint density at radius 3 is 2.39 bits per heavy atom. The van der Waals surface area contributed by atoms with Crippen LogP contribution in [0.4, 0.5) is 5.13 Å². The van der Waals surface area contributed by atoms with Crippen LogP contribution in [0.3, 0.4) is 0 Å². The maximum atomic E-state index is 13.9. The average Bonchev–Trinajstić information content (AvgIpc) is 3.72. The minimum atomic E-state index is -1.01. The van der Waals surface area contributed by atoms with Gasteiger partial charge >= 0.3 is 5.91 Å². The summed E-state index contributed by atoms with van der Waals surface area (Å²) in [4.78, 5) is 29.0.